The summed E-state index contributed by atoms with van der Waals surface area (Å²) in [5, 5.41) is 14.1. The van der Waals surface area contributed by atoms with Gasteiger partial charge in [0.15, 0.2) is 11.5 Å². The number of carbonyl (C=O) groups excluding carboxylic acids is 1. The smallest absolute Gasteiger partial charge is 0.244 e. The molecule has 6 rings (SSSR count). The summed E-state index contributed by atoms with van der Waals surface area (Å²) in [5.41, 5.74) is -1.73. The predicted molar refractivity (Wildman–Crippen MR) is 122 cm³/mol. The van der Waals surface area contributed by atoms with Crippen molar-refractivity contribution in [2.24, 2.45) is 17.8 Å². The van der Waals surface area contributed by atoms with Crippen molar-refractivity contribution in [3.05, 3.63) is 18.2 Å². The van der Waals surface area contributed by atoms with Crippen LogP contribution in [0.5, 0.6) is 11.5 Å². The number of amides is 1. The Morgan fingerprint density at radius 2 is 1.79 bits per heavy atom. The van der Waals surface area contributed by atoms with Crippen LogP contribution in [0.3, 0.4) is 0 Å². The molecule has 1 amide bonds. The summed E-state index contributed by atoms with van der Waals surface area (Å²) in [7, 11) is -0.965. The monoisotopic (exact) mass is 478 g/mol. The molecular weight excluding hydrogens is 444 g/mol. The molecule has 2 N–H and O–H groups in total. The first-order valence-corrected chi connectivity index (χ1v) is 13.3. The third kappa shape index (κ3) is 3.63. The number of benzene rings is 1. The van der Waals surface area contributed by atoms with Crippen LogP contribution in [0.1, 0.15) is 51.9 Å². The van der Waals surface area contributed by atoms with Crippen LogP contribution in [0.15, 0.2) is 23.1 Å². The number of rotatable bonds is 6. The van der Waals surface area contributed by atoms with Crippen LogP contribution in [0.2, 0.25) is 0 Å². The van der Waals surface area contributed by atoms with E-state index in [-0.39, 0.29) is 28.7 Å². The number of nitrogens with zero attached hydrogens (tertiary/aromatic N) is 1. The molecule has 33 heavy (non-hydrogen) atoms. The first-order valence-electron chi connectivity index (χ1n) is 11.9. The molecule has 0 spiro atoms. The third-order valence-electron chi connectivity index (χ3n) is 8.55. The average Bonchev–Trinajstić information content (AvgIpc) is 3.18. The minimum Gasteiger partial charge on any atom is -0.493 e. The highest BCUT2D eigenvalue weighted by Crippen LogP contribution is 2.55. The van der Waals surface area contributed by atoms with Crippen molar-refractivity contribution in [3.8, 4) is 11.5 Å². The Bertz CT molecular complexity index is 1040. The molecule has 1 aromatic carbocycles. The predicted octanol–water partition coefficient (Wildman–Crippen LogP) is 2.30. The molecule has 1 aromatic rings. The van der Waals surface area contributed by atoms with E-state index >= 15 is 0 Å². The standard InChI is InChI=1S/C24H34N2O6S/c1-23(22(27)25-21-16-9-15-10-17(21)14-24(28,12-15)13-16)7-4-8-26(23)33(29,30)18-5-6-19(31-2)20(11-18)32-3/h5-6,11,15-17,21,28H,4,7-10,12-14H2,1-3H3,(H,25,27)/t15?,16-,17+,21?,23-,24?/m1/s1. The van der Waals surface area contributed by atoms with Crippen LogP contribution < -0.4 is 14.8 Å². The number of aliphatic hydroxyl groups is 1. The van der Waals surface area contributed by atoms with Crippen molar-refractivity contribution < 1.29 is 27.8 Å². The average molecular weight is 479 g/mol. The summed E-state index contributed by atoms with van der Waals surface area (Å²) in [4.78, 5) is 13.7. The van der Waals surface area contributed by atoms with E-state index in [0.29, 0.717) is 36.8 Å². The van der Waals surface area contributed by atoms with Crippen LogP contribution in [-0.2, 0) is 14.8 Å². The van der Waals surface area contributed by atoms with Crippen LogP contribution in [-0.4, -0.2) is 61.7 Å². The number of sulfonamides is 1. The molecule has 1 aliphatic heterocycles. The number of ether oxygens (including phenoxy) is 2. The molecule has 3 unspecified atom stereocenters. The molecule has 0 aromatic heterocycles. The van der Waals surface area contributed by atoms with E-state index < -0.39 is 21.2 Å². The van der Waals surface area contributed by atoms with Crippen LogP contribution in [0.4, 0.5) is 0 Å². The molecule has 8 nitrogen and oxygen atoms in total. The van der Waals surface area contributed by atoms with Gasteiger partial charge in [-0.2, -0.15) is 4.31 Å². The van der Waals surface area contributed by atoms with Gasteiger partial charge in [0, 0.05) is 18.7 Å². The van der Waals surface area contributed by atoms with Gasteiger partial charge in [0.25, 0.3) is 0 Å². The van der Waals surface area contributed by atoms with E-state index in [1.54, 1.807) is 13.0 Å². The van der Waals surface area contributed by atoms with E-state index in [1.807, 2.05) is 0 Å². The van der Waals surface area contributed by atoms with E-state index in [4.69, 9.17) is 9.47 Å². The maximum Gasteiger partial charge on any atom is 0.244 e. The highest BCUT2D eigenvalue weighted by atomic mass is 32.2. The molecule has 4 aliphatic carbocycles. The number of hydrogen-bond acceptors (Lipinski definition) is 6. The van der Waals surface area contributed by atoms with Gasteiger partial charge in [-0.1, -0.05) is 0 Å². The molecule has 6 atom stereocenters. The molecular formula is C24H34N2O6S. The highest BCUT2D eigenvalue weighted by molar-refractivity contribution is 7.89. The Balaban J connectivity index is 1.39. The fourth-order valence-corrected chi connectivity index (χ4v) is 9.00. The van der Waals surface area contributed by atoms with Crippen LogP contribution in [0.25, 0.3) is 0 Å². The molecule has 4 saturated carbocycles. The Labute approximate surface area is 195 Å². The summed E-state index contributed by atoms with van der Waals surface area (Å²) in [6.07, 6.45) is 5.51. The lowest BCUT2D eigenvalue weighted by Crippen LogP contribution is -2.65. The van der Waals surface area contributed by atoms with Gasteiger partial charge >= 0.3 is 0 Å². The van der Waals surface area contributed by atoms with Gasteiger partial charge in [0.2, 0.25) is 15.9 Å². The van der Waals surface area contributed by atoms with Crippen molar-refractivity contribution in [3.63, 3.8) is 0 Å². The van der Waals surface area contributed by atoms with Gasteiger partial charge in [-0.3, -0.25) is 4.79 Å². The largest absolute Gasteiger partial charge is 0.493 e. The van der Waals surface area contributed by atoms with Crippen molar-refractivity contribution in [1.29, 1.82) is 0 Å². The highest BCUT2D eigenvalue weighted by Gasteiger charge is 2.57. The van der Waals surface area contributed by atoms with Gasteiger partial charge in [-0.05, 0) is 81.8 Å². The van der Waals surface area contributed by atoms with E-state index in [9.17, 15) is 18.3 Å². The minimum atomic E-state index is -3.92. The zero-order valence-electron chi connectivity index (χ0n) is 19.5. The van der Waals surface area contributed by atoms with Gasteiger partial charge in [-0.15, -0.1) is 0 Å². The summed E-state index contributed by atoms with van der Waals surface area (Å²) in [6.45, 7) is 2.02. The quantitative estimate of drug-likeness (QED) is 0.650. The Morgan fingerprint density at radius 1 is 1.12 bits per heavy atom. The molecule has 5 aliphatic rings. The number of nitrogens with one attached hydrogen (secondary N) is 1. The SMILES string of the molecule is COc1ccc(S(=O)(=O)N2CCC[C@]2(C)C(=O)NC2[C@@H]3CC4C[C@H]2CC(O)(C4)C3)cc1OC. The molecule has 1 saturated heterocycles. The zero-order valence-corrected chi connectivity index (χ0v) is 20.4. The summed E-state index contributed by atoms with van der Waals surface area (Å²) in [6, 6.07) is 4.52. The van der Waals surface area contributed by atoms with Crippen molar-refractivity contribution in [2.45, 2.75) is 73.9 Å². The number of methoxy groups -OCH3 is 2. The van der Waals surface area contributed by atoms with Gasteiger partial charge in [-0.25, -0.2) is 8.42 Å². The lowest BCUT2D eigenvalue weighted by molar-refractivity contribution is -0.150. The molecule has 9 heteroatoms. The molecule has 182 valence electrons. The molecule has 1 heterocycles. The Kier molecular flexibility index (Phi) is 5.45. The van der Waals surface area contributed by atoms with Gasteiger partial charge in [0.05, 0.1) is 24.7 Å². The van der Waals surface area contributed by atoms with Crippen LogP contribution in [0, 0.1) is 17.8 Å². The lowest BCUT2D eigenvalue weighted by Gasteiger charge is -2.58. The van der Waals surface area contributed by atoms with Crippen molar-refractivity contribution >= 4 is 15.9 Å². The van der Waals surface area contributed by atoms with E-state index in [0.717, 1.165) is 32.1 Å². The fraction of sp³-hybridized carbons (Fsp3) is 0.708. The Morgan fingerprint density at radius 3 is 2.39 bits per heavy atom. The maximum atomic E-state index is 13.6. The number of hydrogen-bond donors (Lipinski definition) is 2. The Hall–Kier alpha value is -1.84. The van der Waals surface area contributed by atoms with E-state index in [2.05, 4.69) is 5.32 Å². The normalized spacial score (nSPS) is 37.8. The summed E-state index contributed by atoms with van der Waals surface area (Å²) < 4.78 is 39.1. The first kappa shape index (κ1) is 22.9. The molecule has 5 fully saturated rings. The minimum absolute atomic E-state index is 0.0115. The number of carbonyl (C=O) groups is 1. The molecule has 4 bridgehead atoms. The lowest BCUT2D eigenvalue weighted by atomic mass is 9.52. The van der Waals surface area contributed by atoms with E-state index in [1.165, 1.54) is 30.7 Å². The third-order valence-corrected chi connectivity index (χ3v) is 10.6. The first-order chi connectivity index (χ1) is 15.6. The summed E-state index contributed by atoms with van der Waals surface area (Å²) in [5.74, 6) is 1.63. The second-order valence-corrected chi connectivity index (χ2v) is 12.5. The molecule has 0 radical (unpaired) electrons. The van der Waals surface area contributed by atoms with Crippen molar-refractivity contribution in [2.75, 3.05) is 20.8 Å². The topological polar surface area (TPSA) is 105 Å². The zero-order chi connectivity index (χ0) is 23.6. The fourth-order valence-electron chi connectivity index (χ4n) is 7.18. The van der Waals surface area contributed by atoms with Crippen LogP contribution >= 0.6 is 0 Å². The van der Waals surface area contributed by atoms with Gasteiger partial charge in [0.1, 0.15) is 5.54 Å². The van der Waals surface area contributed by atoms with Crippen molar-refractivity contribution in [1.82, 2.24) is 9.62 Å². The van der Waals surface area contributed by atoms with Gasteiger partial charge < -0.3 is 19.9 Å². The summed E-state index contributed by atoms with van der Waals surface area (Å²) >= 11 is 0. The second-order valence-electron chi connectivity index (χ2n) is 10.7. The second kappa shape index (κ2) is 7.85. The maximum absolute atomic E-state index is 13.6.